The summed E-state index contributed by atoms with van der Waals surface area (Å²) in [7, 11) is 0. The van der Waals surface area contributed by atoms with Crippen LogP contribution in [0.4, 0.5) is 5.69 Å². The molecule has 20 heavy (non-hydrogen) atoms. The molecule has 0 radical (unpaired) electrons. The Bertz CT molecular complexity index is 553. The van der Waals surface area contributed by atoms with Crippen LogP contribution in [0, 0.1) is 0 Å². The maximum Gasteiger partial charge on any atom is 0.193 e. The number of unbranched alkanes of at least 4 members (excludes halogenated alkanes) is 1. The molecule has 1 aromatic heterocycles. The van der Waals surface area contributed by atoms with Crippen LogP contribution in [0.5, 0.6) is 0 Å². The average molecular weight is 352 g/mol. The van der Waals surface area contributed by atoms with Gasteiger partial charge < -0.3 is 4.90 Å². The molecule has 0 bridgehead atoms. The second kappa shape index (κ2) is 7.60. The highest BCUT2D eigenvalue weighted by Gasteiger charge is 2.16. The van der Waals surface area contributed by atoms with Gasteiger partial charge in [0.1, 0.15) is 0 Å². The van der Waals surface area contributed by atoms with Crippen molar-refractivity contribution in [3.05, 3.63) is 51.1 Å². The Kier molecular flexibility index (Phi) is 5.80. The van der Waals surface area contributed by atoms with E-state index < -0.39 is 0 Å². The number of para-hydroxylation sites is 1. The summed E-state index contributed by atoms with van der Waals surface area (Å²) in [6.45, 7) is 3.51. The monoisotopic (exact) mass is 351 g/mol. The molecule has 2 aromatic rings. The average Bonchev–Trinajstić information content (AvgIpc) is 2.90. The SMILES string of the molecule is CCCCN(CC(=O)c1sccc1Br)c1ccccc1. The van der Waals surface area contributed by atoms with Crippen molar-refractivity contribution >= 4 is 38.7 Å². The Balaban J connectivity index is 2.12. The molecule has 0 N–H and O–H groups in total. The van der Waals surface area contributed by atoms with Crippen LogP contribution in [0.15, 0.2) is 46.3 Å². The molecule has 0 saturated heterocycles. The third kappa shape index (κ3) is 3.93. The van der Waals surface area contributed by atoms with Gasteiger partial charge in [-0.15, -0.1) is 11.3 Å². The van der Waals surface area contributed by atoms with Crippen molar-refractivity contribution < 1.29 is 4.79 Å². The normalized spacial score (nSPS) is 10.5. The van der Waals surface area contributed by atoms with E-state index in [0.717, 1.165) is 34.4 Å². The Morgan fingerprint density at radius 2 is 2.00 bits per heavy atom. The van der Waals surface area contributed by atoms with Crippen molar-refractivity contribution in [1.29, 1.82) is 0 Å². The molecule has 0 aliphatic rings. The molecule has 0 atom stereocenters. The topological polar surface area (TPSA) is 20.3 Å². The summed E-state index contributed by atoms with van der Waals surface area (Å²) in [5.74, 6) is 0.173. The van der Waals surface area contributed by atoms with E-state index >= 15 is 0 Å². The van der Waals surface area contributed by atoms with E-state index in [1.807, 2.05) is 29.6 Å². The van der Waals surface area contributed by atoms with Crippen molar-refractivity contribution in [2.45, 2.75) is 19.8 Å². The highest BCUT2D eigenvalue weighted by molar-refractivity contribution is 9.10. The van der Waals surface area contributed by atoms with Gasteiger partial charge in [0.15, 0.2) is 5.78 Å². The number of nitrogens with zero attached hydrogens (tertiary/aromatic N) is 1. The minimum Gasteiger partial charge on any atom is -0.364 e. The number of rotatable bonds is 7. The molecular formula is C16H18BrNOS. The predicted octanol–water partition coefficient (Wildman–Crippen LogP) is 5.00. The van der Waals surface area contributed by atoms with Crippen LogP contribution in [0.25, 0.3) is 0 Å². The summed E-state index contributed by atoms with van der Waals surface area (Å²) in [4.78, 5) is 15.4. The van der Waals surface area contributed by atoms with Gasteiger partial charge in [-0.25, -0.2) is 0 Å². The van der Waals surface area contributed by atoms with Gasteiger partial charge in [-0.2, -0.15) is 0 Å². The van der Waals surface area contributed by atoms with Gasteiger partial charge in [0, 0.05) is 16.7 Å². The zero-order valence-electron chi connectivity index (χ0n) is 11.5. The molecule has 0 saturated carbocycles. The molecule has 1 aromatic carbocycles. The fraction of sp³-hybridized carbons (Fsp3) is 0.312. The van der Waals surface area contributed by atoms with E-state index in [9.17, 15) is 4.79 Å². The van der Waals surface area contributed by atoms with E-state index in [2.05, 4.69) is 39.9 Å². The van der Waals surface area contributed by atoms with Crippen LogP contribution in [-0.4, -0.2) is 18.9 Å². The molecule has 1 heterocycles. The minimum atomic E-state index is 0.173. The molecule has 106 valence electrons. The molecule has 0 unspecified atom stereocenters. The van der Waals surface area contributed by atoms with Crippen molar-refractivity contribution in [2.24, 2.45) is 0 Å². The minimum absolute atomic E-state index is 0.173. The molecule has 0 aliphatic heterocycles. The van der Waals surface area contributed by atoms with Gasteiger partial charge in [0.2, 0.25) is 0 Å². The van der Waals surface area contributed by atoms with Crippen LogP contribution in [-0.2, 0) is 0 Å². The highest BCUT2D eigenvalue weighted by Crippen LogP contribution is 2.24. The van der Waals surface area contributed by atoms with E-state index in [-0.39, 0.29) is 5.78 Å². The highest BCUT2D eigenvalue weighted by atomic mass is 79.9. The van der Waals surface area contributed by atoms with Crippen LogP contribution in [0.1, 0.15) is 29.4 Å². The van der Waals surface area contributed by atoms with Crippen LogP contribution < -0.4 is 4.90 Å². The Morgan fingerprint density at radius 3 is 2.60 bits per heavy atom. The van der Waals surface area contributed by atoms with Gasteiger partial charge in [0.05, 0.1) is 11.4 Å². The molecule has 2 nitrogen and oxygen atoms in total. The number of carbonyl (C=O) groups excluding carboxylic acids is 1. The van der Waals surface area contributed by atoms with Crippen LogP contribution in [0.2, 0.25) is 0 Å². The van der Waals surface area contributed by atoms with Gasteiger partial charge in [0.25, 0.3) is 0 Å². The molecule has 0 aliphatic carbocycles. The molecule has 0 amide bonds. The zero-order chi connectivity index (χ0) is 14.4. The maximum atomic E-state index is 12.4. The number of ketones is 1. The summed E-state index contributed by atoms with van der Waals surface area (Å²) in [6, 6.07) is 12.1. The van der Waals surface area contributed by atoms with Gasteiger partial charge in [-0.3, -0.25) is 4.79 Å². The van der Waals surface area contributed by atoms with E-state index in [0.29, 0.717) is 6.54 Å². The number of anilines is 1. The molecule has 0 fully saturated rings. The number of hydrogen-bond acceptors (Lipinski definition) is 3. The summed E-state index contributed by atoms with van der Waals surface area (Å²) < 4.78 is 0.899. The molecule has 4 heteroatoms. The van der Waals surface area contributed by atoms with Crippen molar-refractivity contribution in [1.82, 2.24) is 0 Å². The Labute approximate surface area is 132 Å². The lowest BCUT2D eigenvalue weighted by Gasteiger charge is -2.23. The maximum absolute atomic E-state index is 12.4. The number of thiophene rings is 1. The third-order valence-electron chi connectivity index (χ3n) is 3.11. The first-order valence-electron chi connectivity index (χ1n) is 6.78. The second-order valence-electron chi connectivity index (χ2n) is 4.63. The summed E-state index contributed by atoms with van der Waals surface area (Å²) in [5.41, 5.74) is 1.11. The lowest BCUT2D eigenvalue weighted by atomic mass is 10.2. The third-order valence-corrected chi connectivity index (χ3v) is 4.99. The summed E-state index contributed by atoms with van der Waals surface area (Å²) in [5, 5.41) is 1.94. The first-order valence-corrected chi connectivity index (χ1v) is 8.45. The predicted molar refractivity (Wildman–Crippen MR) is 89.9 cm³/mol. The number of hydrogen-bond donors (Lipinski definition) is 0. The zero-order valence-corrected chi connectivity index (χ0v) is 13.9. The first-order chi connectivity index (χ1) is 9.72. The summed E-state index contributed by atoms with van der Waals surface area (Å²) >= 11 is 4.93. The van der Waals surface area contributed by atoms with Gasteiger partial charge >= 0.3 is 0 Å². The lowest BCUT2D eigenvalue weighted by Crippen LogP contribution is -2.30. The van der Waals surface area contributed by atoms with Gasteiger partial charge in [-0.05, 0) is 45.9 Å². The number of halogens is 1. The molecule has 0 spiro atoms. The van der Waals surface area contributed by atoms with E-state index in [4.69, 9.17) is 0 Å². The summed E-state index contributed by atoms with van der Waals surface area (Å²) in [6.07, 6.45) is 2.22. The fourth-order valence-corrected chi connectivity index (χ4v) is 3.55. The number of Topliss-reactive ketones (excluding diaryl/α,β-unsaturated/α-hetero) is 1. The first kappa shape index (κ1) is 15.3. The quantitative estimate of drug-likeness (QED) is 0.654. The van der Waals surface area contributed by atoms with Crippen molar-refractivity contribution in [2.75, 3.05) is 18.0 Å². The largest absolute Gasteiger partial charge is 0.364 e. The van der Waals surface area contributed by atoms with E-state index in [1.54, 1.807) is 0 Å². The van der Waals surface area contributed by atoms with Crippen molar-refractivity contribution in [3.8, 4) is 0 Å². The number of carbonyl (C=O) groups is 1. The van der Waals surface area contributed by atoms with Crippen LogP contribution >= 0.6 is 27.3 Å². The second-order valence-corrected chi connectivity index (χ2v) is 6.40. The van der Waals surface area contributed by atoms with Gasteiger partial charge in [-0.1, -0.05) is 31.5 Å². The van der Waals surface area contributed by atoms with Crippen LogP contribution in [0.3, 0.4) is 0 Å². The Morgan fingerprint density at radius 1 is 1.25 bits per heavy atom. The number of benzene rings is 1. The van der Waals surface area contributed by atoms with E-state index in [1.165, 1.54) is 11.3 Å². The fourth-order valence-electron chi connectivity index (χ4n) is 2.03. The molecule has 2 rings (SSSR count). The standard InChI is InChI=1S/C16H18BrNOS/c1-2-3-10-18(13-7-5-4-6-8-13)12-15(19)16-14(17)9-11-20-16/h4-9,11H,2-3,10,12H2,1H3. The smallest absolute Gasteiger partial charge is 0.193 e. The molecular weight excluding hydrogens is 334 g/mol. The Hall–Kier alpha value is -1.13. The van der Waals surface area contributed by atoms with Crippen molar-refractivity contribution in [3.63, 3.8) is 0 Å². The lowest BCUT2D eigenvalue weighted by molar-refractivity contribution is 0.100.